The maximum absolute atomic E-state index is 3.66. The number of aryl methyl sites for hydroxylation is 1. The highest BCUT2D eigenvalue weighted by Gasteiger charge is 2.17. The molecule has 1 rings (SSSR count). The van der Waals surface area contributed by atoms with Crippen LogP contribution in [0, 0.1) is 12.8 Å². The first kappa shape index (κ1) is 14.7. The number of hydrogen-bond donors (Lipinski definition) is 1. The van der Waals surface area contributed by atoms with Crippen molar-refractivity contribution >= 4 is 11.3 Å². The molecule has 0 bridgehead atoms. The van der Waals surface area contributed by atoms with Crippen molar-refractivity contribution in [1.82, 2.24) is 10.2 Å². The zero-order valence-corrected chi connectivity index (χ0v) is 12.8. The number of likely N-dealkylation sites (N-methyl/N-ethyl adjacent to an activating group) is 1. The van der Waals surface area contributed by atoms with Crippen molar-refractivity contribution in [3.63, 3.8) is 0 Å². The van der Waals surface area contributed by atoms with Crippen LogP contribution in [0.4, 0.5) is 0 Å². The highest BCUT2D eigenvalue weighted by Crippen LogP contribution is 2.23. The third-order valence-electron chi connectivity index (χ3n) is 3.36. The number of rotatable bonds is 6. The Morgan fingerprint density at radius 1 is 1.29 bits per heavy atom. The van der Waals surface area contributed by atoms with E-state index in [-0.39, 0.29) is 0 Å². The Morgan fingerprint density at radius 2 is 1.94 bits per heavy atom. The first-order valence-electron chi connectivity index (χ1n) is 6.37. The second-order valence-electron chi connectivity index (χ2n) is 5.37. The number of thiophene rings is 1. The Balaban J connectivity index is 2.52. The molecule has 1 heterocycles. The van der Waals surface area contributed by atoms with Gasteiger partial charge in [0.1, 0.15) is 0 Å². The monoisotopic (exact) mass is 254 g/mol. The lowest BCUT2D eigenvalue weighted by Gasteiger charge is -2.29. The Bertz CT molecular complexity index is 323. The van der Waals surface area contributed by atoms with E-state index in [0.717, 1.165) is 6.54 Å². The van der Waals surface area contributed by atoms with Gasteiger partial charge in [0.05, 0.1) is 0 Å². The van der Waals surface area contributed by atoms with Crippen LogP contribution in [0.15, 0.2) is 11.4 Å². The van der Waals surface area contributed by atoms with Gasteiger partial charge < -0.3 is 10.2 Å². The molecule has 3 heteroatoms. The first-order valence-corrected chi connectivity index (χ1v) is 7.25. The second-order valence-corrected chi connectivity index (χ2v) is 6.32. The third-order valence-corrected chi connectivity index (χ3v) is 4.56. The molecule has 98 valence electrons. The van der Waals surface area contributed by atoms with Crippen molar-refractivity contribution in [3.8, 4) is 0 Å². The largest absolute Gasteiger partial charge is 0.308 e. The lowest BCUT2D eigenvalue weighted by Crippen LogP contribution is -2.42. The third kappa shape index (κ3) is 4.09. The number of nitrogens with one attached hydrogen (secondary N) is 1. The van der Waals surface area contributed by atoms with Gasteiger partial charge in [0, 0.05) is 23.5 Å². The summed E-state index contributed by atoms with van der Waals surface area (Å²) in [6, 6.07) is 3.25. The van der Waals surface area contributed by atoms with Crippen molar-refractivity contribution in [2.75, 3.05) is 20.6 Å². The molecule has 0 saturated heterocycles. The van der Waals surface area contributed by atoms with Crippen LogP contribution in [0.25, 0.3) is 0 Å². The summed E-state index contributed by atoms with van der Waals surface area (Å²) in [5.41, 5.74) is 1.40. The highest BCUT2D eigenvalue weighted by molar-refractivity contribution is 7.10. The van der Waals surface area contributed by atoms with E-state index >= 15 is 0 Å². The summed E-state index contributed by atoms with van der Waals surface area (Å²) >= 11 is 1.85. The summed E-state index contributed by atoms with van der Waals surface area (Å²) in [5.74, 6) is 0.675. The molecule has 0 aliphatic rings. The van der Waals surface area contributed by atoms with Crippen LogP contribution in [0.2, 0.25) is 0 Å². The molecule has 2 unspecified atom stereocenters. The molecule has 2 atom stereocenters. The average molecular weight is 254 g/mol. The molecule has 0 aliphatic carbocycles. The molecule has 0 spiro atoms. The zero-order chi connectivity index (χ0) is 13.0. The Morgan fingerprint density at radius 3 is 2.35 bits per heavy atom. The predicted octanol–water partition coefficient (Wildman–Crippen LogP) is 3.29. The molecular formula is C14H26N2S. The molecular weight excluding hydrogens is 228 g/mol. The topological polar surface area (TPSA) is 15.3 Å². The van der Waals surface area contributed by atoms with Gasteiger partial charge in [-0.05, 0) is 50.9 Å². The fourth-order valence-corrected chi connectivity index (χ4v) is 3.19. The van der Waals surface area contributed by atoms with Crippen LogP contribution in [-0.4, -0.2) is 31.6 Å². The van der Waals surface area contributed by atoms with Crippen LogP contribution in [-0.2, 0) is 0 Å². The quantitative estimate of drug-likeness (QED) is 0.838. The second kappa shape index (κ2) is 6.53. The van der Waals surface area contributed by atoms with Gasteiger partial charge in [-0.15, -0.1) is 11.3 Å². The summed E-state index contributed by atoms with van der Waals surface area (Å²) in [5, 5.41) is 5.83. The van der Waals surface area contributed by atoms with E-state index in [4.69, 9.17) is 0 Å². The molecule has 0 fully saturated rings. The van der Waals surface area contributed by atoms with Gasteiger partial charge in [-0.1, -0.05) is 13.8 Å². The van der Waals surface area contributed by atoms with Crippen LogP contribution in [0.3, 0.4) is 0 Å². The zero-order valence-electron chi connectivity index (χ0n) is 11.9. The van der Waals surface area contributed by atoms with Gasteiger partial charge in [-0.2, -0.15) is 0 Å². The molecule has 1 N–H and O–H groups in total. The number of hydrogen-bond acceptors (Lipinski definition) is 3. The molecule has 0 aromatic carbocycles. The van der Waals surface area contributed by atoms with Crippen LogP contribution in [0.5, 0.6) is 0 Å². The maximum Gasteiger partial charge on any atom is 0.0389 e. The minimum absolute atomic E-state index is 0.455. The van der Waals surface area contributed by atoms with Crippen molar-refractivity contribution in [2.45, 2.75) is 39.8 Å². The summed E-state index contributed by atoms with van der Waals surface area (Å²) in [4.78, 5) is 3.78. The SMILES string of the molecule is Cc1ccsc1C(C)NCC(C(C)C)N(C)C. The molecule has 1 aromatic rings. The van der Waals surface area contributed by atoms with E-state index in [2.05, 4.69) is 63.5 Å². The van der Waals surface area contributed by atoms with Crippen LogP contribution >= 0.6 is 11.3 Å². The Labute approximate surface area is 110 Å². The van der Waals surface area contributed by atoms with E-state index < -0.39 is 0 Å². The standard InChI is InChI=1S/C14H26N2S/c1-10(2)13(16(5)6)9-15-12(4)14-11(3)7-8-17-14/h7-8,10,12-13,15H,9H2,1-6H3. The maximum atomic E-state index is 3.66. The Hall–Kier alpha value is -0.380. The summed E-state index contributed by atoms with van der Waals surface area (Å²) in [6.45, 7) is 10.1. The molecule has 2 nitrogen and oxygen atoms in total. The minimum atomic E-state index is 0.455. The molecule has 17 heavy (non-hydrogen) atoms. The van der Waals surface area contributed by atoms with Crippen molar-refractivity contribution < 1.29 is 0 Å². The molecule has 1 aromatic heterocycles. The van der Waals surface area contributed by atoms with Gasteiger partial charge in [0.2, 0.25) is 0 Å². The van der Waals surface area contributed by atoms with Crippen molar-refractivity contribution in [2.24, 2.45) is 5.92 Å². The van der Waals surface area contributed by atoms with Gasteiger partial charge >= 0.3 is 0 Å². The van der Waals surface area contributed by atoms with E-state index in [1.165, 1.54) is 10.4 Å². The van der Waals surface area contributed by atoms with Gasteiger partial charge in [-0.25, -0.2) is 0 Å². The highest BCUT2D eigenvalue weighted by atomic mass is 32.1. The average Bonchev–Trinajstić information content (AvgIpc) is 2.63. The van der Waals surface area contributed by atoms with Gasteiger partial charge in [-0.3, -0.25) is 0 Å². The van der Waals surface area contributed by atoms with Crippen molar-refractivity contribution in [1.29, 1.82) is 0 Å². The smallest absolute Gasteiger partial charge is 0.0389 e. The number of nitrogens with zero attached hydrogens (tertiary/aromatic N) is 1. The normalized spacial score (nSPS) is 15.5. The van der Waals surface area contributed by atoms with Crippen molar-refractivity contribution in [3.05, 3.63) is 21.9 Å². The predicted molar refractivity (Wildman–Crippen MR) is 77.8 cm³/mol. The minimum Gasteiger partial charge on any atom is -0.308 e. The van der Waals surface area contributed by atoms with Gasteiger partial charge in [0.15, 0.2) is 0 Å². The summed E-state index contributed by atoms with van der Waals surface area (Å²) < 4.78 is 0. The van der Waals surface area contributed by atoms with E-state index in [0.29, 0.717) is 18.0 Å². The summed E-state index contributed by atoms with van der Waals surface area (Å²) in [6.07, 6.45) is 0. The lowest BCUT2D eigenvalue weighted by molar-refractivity contribution is 0.220. The molecule has 0 aliphatic heterocycles. The lowest BCUT2D eigenvalue weighted by atomic mass is 10.0. The Kier molecular flexibility index (Phi) is 5.63. The fourth-order valence-electron chi connectivity index (χ4n) is 2.23. The molecule has 0 amide bonds. The van der Waals surface area contributed by atoms with E-state index in [1.807, 2.05) is 11.3 Å². The molecule has 0 radical (unpaired) electrons. The molecule has 0 saturated carbocycles. The first-order chi connectivity index (χ1) is 7.93. The van der Waals surface area contributed by atoms with Crippen LogP contribution < -0.4 is 5.32 Å². The van der Waals surface area contributed by atoms with E-state index in [9.17, 15) is 0 Å². The summed E-state index contributed by atoms with van der Waals surface area (Å²) in [7, 11) is 4.32. The van der Waals surface area contributed by atoms with Crippen LogP contribution in [0.1, 0.15) is 37.3 Å². The van der Waals surface area contributed by atoms with E-state index in [1.54, 1.807) is 0 Å². The fraction of sp³-hybridized carbons (Fsp3) is 0.714. The van der Waals surface area contributed by atoms with Gasteiger partial charge in [0.25, 0.3) is 0 Å².